The summed E-state index contributed by atoms with van der Waals surface area (Å²) in [5.74, 6) is 0.639. The molecule has 0 spiro atoms. The van der Waals surface area contributed by atoms with E-state index in [4.69, 9.17) is 10.00 Å². The molecule has 114 valence electrons. The summed E-state index contributed by atoms with van der Waals surface area (Å²) >= 11 is 0. The van der Waals surface area contributed by atoms with Crippen molar-refractivity contribution in [2.75, 3.05) is 19.7 Å². The Morgan fingerprint density at radius 3 is 2.95 bits per heavy atom. The van der Waals surface area contributed by atoms with Crippen molar-refractivity contribution in [3.05, 3.63) is 29.8 Å². The number of unbranched alkanes of at least 4 members (excludes halogenated alkanes) is 1. The second-order valence-corrected chi connectivity index (χ2v) is 5.68. The normalized spacial score (nSPS) is 15.7. The minimum absolute atomic E-state index is 0.268. The van der Waals surface area contributed by atoms with Crippen LogP contribution in [0.5, 0.6) is 5.75 Å². The highest BCUT2D eigenvalue weighted by molar-refractivity contribution is 5.36. The number of nitriles is 1. The third-order valence-corrected chi connectivity index (χ3v) is 3.71. The Bertz CT molecular complexity index is 480. The Hall–Kier alpha value is -1.57. The molecule has 21 heavy (non-hydrogen) atoms. The molecular weight excluding hydrogens is 264 g/mol. The number of aliphatic hydroxyl groups is 1. The standard InChI is InChI=1S/C17H24N2O2/c1-2-3-9-19(15-7-8-15)12-16(20)13-21-17-6-4-5-14(10-17)11-18/h4-6,10,15-16,20H,2-3,7-9,12-13H2,1H3. The van der Waals surface area contributed by atoms with Gasteiger partial charge in [0.2, 0.25) is 0 Å². The van der Waals surface area contributed by atoms with Gasteiger partial charge >= 0.3 is 0 Å². The van der Waals surface area contributed by atoms with Crippen LogP contribution in [-0.4, -0.2) is 41.8 Å². The first-order valence-electron chi connectivity index (χ1n) is 7.78. The van der Waals surface area contributed by atoms with Gasteiger partial charge in [-0.15, -0.1) is 0 Å². The molecule has 0 aromatic heterocycles. The van der Waals surface area contributed by atoms with Crippen molar-refractivity contribution in [2.24, 2.45) is 0 Å². The molecule has 1 aliphatic carbocycles. The maximum absolute atomic E-state index is 10.2. The lowest BCUT2D eigenvalue weighted by molar-refractivity contribution is 0.0648. The third-order valence-electron chi connectivity index (χ3n) is 3.71. The van der Waals surface area contributed by atoms with Crippen LogP contribution in [0.25, 0.3) is 0 Å². The zero-order chi connectivity index (χ0) is 15.1. The summed E-state index contributed by atoms with van der Waals surface area (Å²) in [6, 6.07) is 9.78. The third kappa shape index (κ3) is 5.37. The predicted molar refractivity (Wildman–Crippen MR) is 82.2 cm³/mol. The van der Waals surface area contributed by atoms with Crippen LogP contribution >= 0.6 is 0 Å². The van der Waals surface area contributed by atoms with Crippen LogP contribution in [0, 0.1) is 11.3 Å². The summed E-state index contributed by atoms with van der Waals surface area (Å²) in [6.45, 7) is 4.18. The van der Waals surface area contributed by atoms with Gasteiger partial charge in [0.15, 0.2) is 0 Å². The van der Waals surface area contributed by atoms with E-state index in [0.717, 1.165) is 6.54 Å². The van der Waals surface area contributed by atoms with Crippen LogP contribution in [0.4, 0.5) is 0 Å². The van der Waals surface area contributed by atoms with E-state index < -0.39 is 6.10 Å². The summed E-state index contributed by atoms with van der Waals surface area (Å²) in [5.41, 5.74) is 0.574. The van der Waals surface area contributed by atoms with Crippen molar-refractivity contribution in [1.82, 2.24) is 4.90 Å². The van der Waals surface area contributed by atoms with Crippen LogP contribution in [-0.2, 0) is 0 Å². The molecule has 1 N–H and O–H groups in total. The molecule has 0 heterocycles. The zero-order valence-electron chi connectivity index (χ0n) is 12.7. The Labute approximate surface area is 127 Å². The van der Waals surface area contributed by atoms with Crippen molar-refractivity contribution in [3.63, 3.8) is 0 Å². The Morgan fingerprint density at radius 1 is 1.48 bits per heavy atom. The summed E-state index contributed by atoms with van der Waals surface area (Å²) in [6.07, 6.45) is 4.36. The largest absolute Gasteiger partial charge is 0.491 e. The van der Waals surface area contributed by atoms with Crippen molar-refractivity contribution in [1.29, 1.82) is 5.26 Å². The van der Waals surface area contributed by atoms with Crippen molar-refractivity contribution in [2.45, 2.75) is 44.8 Å². The monoisotopic (exact) mass is 288 g/mol. The van der Waals surface area contributed by atoms with Gasteiger partial charge in [-0.3, -0.25) is 4.90 Å². The SMILES string of the molecule is CCCCN(CC(O)COc1cccc(C#N)c1)C1CC1. The Balaban J connectivity index is 1.77. The first kappa shape index (κ1) is 15.8. The van der Waals surface area contributed by atoms with E-state index in [1.165, 1.54) is 25.7 Å². The summed E-state index contributed by atoms with van der Waals surface area (Å²) in [5, 5.41) is 19.0. The van der Waals surface area contributed by atoms with Crippen LogP contribution in [0.2, 0.25) is 0 Å². The van der Waals surface area contributed by atoms with E-state index in [2.05, 4.69) is 17.9 Å². The van der Waals surface area contributed by atoms with E-state index in [9.17, 15) is 5.11 Å². The van der Waals surface area contributed by atoms with Crippen LogP contribution in [0.3, 0.4) is 0 Å². The van der Waals surface area contributed by atoms with E-state index in [0.29, 0.717) is 23.9 Å². The smallest absolute Gasteiger partial charge is 0.120 e. The highest BCUT2D eigenvalue weighted by Crippen LogP contribution is 2.27. The molecule has 2 rings (SSSR count). The van der Waals surface area contributed by atoms with Gasteiger partial charge in [-0.1, -0.05) is 19.4 Å². The van der Waals surface area contributed by atoms with Crippen molar-refractivity contribution >= 4 is 0 Å². The maximum Gasteiger partial charge on any atom is 0.120 e. The number of ether oxygens (including phenoxy) is 1. The van der Waals surface area contributed by atoms with Gasteiger partial charge in [0.25, 0.3) is 0 Å². The molecular formula is C17H24N2O2. The topological polar surface area (TPSA) is 56.5 Å². The second kappa shape index (κ2) is 8.02. The Morgan fingerprint density at radius 2 is 2.29 bits per heavy atom. The first-order valence-corrected chi connectivity index (χ1v) is 7.78. The second-order valence-electron chi connectivity index (χ2n) is 5.68. The van der Waals surface area contributed by atoms with Gasteiger partial charge in [-0.25, -0.2) is 0 Å². The Kier molecular flexibility index (Phi) is 6.04. The number of benzene rings is 1. The summed E-state index contributed by atoms with van der Waals surface area (Å²) in [4.78, 5) is 2.38. The maximum atomic E-state index is 10.2. The average Bonchev–Trinajstić information content (AvgIpc) is 3.34. The van der Waals surface area contributed by atoms with E-state index >= 15 is 0 Å². The van der Waals surface area contributed by atoms with Gasteiger partial charge in [0.05, 0.1) is 11.6 Å². The molecule has 1 atom stereocenters. The highest BCUT2D eigenvalue weighted by atomic mass is 16.5. The van der Waals surface area contributed by atoms with Gasteiger partial charge in [-0.05, 0) is 44.0 Å². The molecule has 0 bridgehead atoms. The molecule has 4 heteroatoms. The molecule has 4 nitrogen and oxygen atoms in total. The van der Waals surface area contributed by atoms with E-state index in [1.54, 1.807) is 18.2 Å². The molecule has 1 aromatic carbocycles. The van der Waals surface area contributed by atoms with Gasteiger partial charge in [-0.2, -0.15) is 5.26 Å². The fraction of sp³-hybridized carbons (Fsp3) is 0.588. The molecule has 1 fully saturated rings. The van der Waals surface area contributed by atoms with Gasteiger partial charge < -0.3 is 9.84 Å². The molecule has 1 saturated carbocycles. The molecule has 0 saturated heterocycles. The van der Waals surface area contributed by atoms with Crippen LogP contribution < -0.4 is 4.74 Å². The molecule has 0 amide bonds. The molecule has 0 aliphatic heterocycles. The molecule has 1 aliphatic rings. The number of hydrogen-bond acceptors (Lipinski definition) is 4. The lowest BCUT2D eigenvalue weighted by Crippen LogP contribution is -2.37. The zero-order valence-corrected chi connectivity index (χ0v) is 12.7. The van der Waals surface area contributed by atoms with Gasteiger partial charge in [0.1, 0.15) is 18.5 Å². The van der Waals surface area contributed by atoms with E-state index in [-0.39, 0.29) is 6.61 Å². The fourth-order valence-electron chi connectivity index (χ4n) is 2.40. The highest BCUT2D eigenvalue weighted by Gasteiger charge is 2.29. The molecule has 0 radical (unpaired) electrons. The number of hydrogen-bond donors (Lipinski definition) is 1. The summed E-state index contributed by atoms with van der Waals surface area (Å²) in [7, 11) is 0. The quantitative estimate of drug-likeness (QED) is 0.759. The van der Waals surface area contributed by atoms with Crippen molar-refractivity contribution < 1.29 is 9.84 Å². The number of aliphatic hydroxyl groups excluding tert-OH is 1. The lowest BCUT2D eigenvalue weighted by atomic mass is 10.2. The van der Waals surface area contributed by atoms with Crippen molar-refractivity contribution in [3.8, 4) is 11.8 Å². The van der Waals surface area contributed by atoms with Crippen LogP contribution in [0.1, 0.15) is 38.2 Å². The predicted octanol–water partition coefficient (Wildman–Crippen LogP) is 2.56. The van der Waals surface area contributed by atoms with Gasteiger partial charge in [0, 0.05) is 12.6 Å². The summed E-state index contributed by atoms with van der Waals surface area (Å²) < 4.78 is 5.59. The number of rotatable bonds is 9. The molecule has 1 unspecified atom stereocenters. The minimum Gasteiger partial charge on any atom is -0.491 e. The minimum atomic E-state index is -0.492. The fourth-order valence-corrected chi connectivity index (χ4v) is 2.40. The molecule has 1 aromatic rings. The lowest BCUT2D eigenvalue weighted by Gasteiger charge is -2.24. The average molecular weight is 288 g/mol. The van der Waals surface area contributed by atoms with Crippen LogP contribution in [0.15, 0.2) is 24.3 Å². The number of nitrogens with zero attached hydrogens (tertiary/aromatic N) is 2. The van der Waals surface area contributed by atoms with E-state index in [1.807, 2.05) is 6.07 Å². The first-order chi connectivity index (χ1) is 10.2.